The van der Waals surface area contributed by atoms with Crippen LogP contribution in [0, 0.1) is 6.92 Å². The highest BCUT2D eigenvalue weighted by Crippen LogP contribution is 2.11. The lowest BCUT2D eigenvalue weighted by atomic mass is 10.2. The fraction of sp³-hybridized carbons (Fsp3) is 0.500. The van der Waals surface area contributed by atoms with E-state index in [-0.39, 0.29) is 11.9 Å². The van der Waals surface area contributed by atoms with Gasteiger partial charge in [0, 0.05) is 19.8 Å². The molecule has 16 heavy (non-hydrogen) atoms. The number of carbonyl (C=O) groups is 1. The van der Waals surface area contributed by atoms with E-state index in [4.69, 9.17) is 0 Å². The Bertz CT molecular complexity index is 365. The van der Waals surface area contributed by atoms with E-state index in [1.54, 1.807) is 18.1 Å². The third-order valence-corrected chi connectivity index (χ3v) is 2.58. The molecule has 1 amide bonds. The molecule has 4 heteroatoms. The normalized spacial score (nSPS) is 12.0. The molecule has 88 valence electrons. The number of likely N-dealkylation sites (N-methyl/N-ethyl adjacent to an activating group) is 1. The third kappa shape index (κ3) is 2.95. The summed E-state index contributed by atoms with van der Waals surface area (Å²) in [5.74, 6) is 0.848. The van der Waals surface area contributed by atoms with E-state index in [9.17, 15) is 4.79 Å². The highest BCUT2D eigenvalue weighted by Gasteiger charge is 2.16. The second kappa shape index (κ2) is 5.49. The van der Waals surface area contributed by atoms with Gasteiger partial charge in [0.1, 0.15) is 11.9 Å². The van der Waals surface area contributed by atoms with Crippen LogP contribution in [0.3, 0.4) is 0 Å². The molecular formula is C12H19N3O. The maximum atomic E-state index is 11.8. The van der Waals surface area contributed by atoms with Crippen molar-refractivity contribution >= 4 is 11.7 Å². The van der Waals surface area contributed by atoms with Gasteiger partial charge in [-0.05, 0) is 32.4 Å². The Hall–Kier alpha value is -1.58. The molecule has 1 rings (SSSR count). The van der Waals surface area contributed by atoms with Crippen molar-refractivity contribution in [3.05, 3.63) is 23.9 Å². The molecule has 4 nitrogen and oxygen atoms in total. The van der Waals surface area contributed by atoms with Gasteiger partial charge in [0.25, 0.3) is 0 Å². The van der Waals surface area contributed by atoms with Gasteiger partial charge < -0.3 is 10.2 Å². The summed E-state index contributed by atoms with van der Waals surface area (Å²) in [4.78, 5) is 17.7. The minimum Gasteiger partial charge on any atom is -0.358 e. The van der Waals surface area contributed by atoms with Crippen molar-refractivity contribution in [3.8, 4) is 0 Å². The molecule has 0 radical (unpaired) electrons. The molecule has 0 aliphatic carbocycles. The molecule has 1 heterocycles. The minimum atomic E-state index is -0.251. The van der Waals surface area contributed by atoms with Crippen LogP contribution in [-0.4, -0.2) is 35.4 Å². The zero-order chi connectivity index (χ0) is 12.1. The van der Waals surface area contributed by atoms with Gasteiger partial charge >= 0.3 is 0 Å². The predicted molar refractivity (Wildman–Crippen MR) is 65.4 cm³/mol. The summed E-state index contributed by atoms with van der Waals surface area (Å²) in [5, 5.41) is 3.12. The summed E-state index contributed by atoms with van der Waals surface area (Å²) in [6.07, 6.45) is 1.72. The second-order valence-electron chi connectivity index (χ2n) is 3.89. The maximum Gasteiger partial charge on any atom is 0.244 e. The van der Waals surface area contributed by atoms with E-state index in [2.05, 4.69) is 10.3 Å². The lowest BCUT2D eigenvalue weighted by Crippen LogP contribution is -2.39. The molecule has 0 saturated carbocycles. The van der Waals surface area contributed by atoms with Gasteiger partial charge in [-0.2, -0.15) is 0 Å². The summed E-state index contributed by atoms with van der Waals surface area (Å²) < 4.78 is 0. The monoisotopic (exact) mass is 221 g/mol. The third-order valence-electron chi connectivity index (χ3n) is 2.58. The van der Waals surface area contributed by atoms with Crippen LogP contribution in [0.2, 0.25) is 0 Å². The van der Waals surface area contributed by atoms with E-state index in [0.717, 1.165) is 11.4 Å². The first-order chi connectivity index (χ1) is 7.56. The van der Waals surface area contributed by atoms with Gasteiger partial charge in [-0.3, -0.25) is 4.79 Å². The van der Waals surface area contributed by atoms with Gasteiger partial charge in [-0.15, -0.1) is 0 Å². The van der Waals surface area contributed by atoms with Crippen molar-refractivity contribution in [1.29, 1.82) is 0 Å². The van der Waals surface area contributed by atoms with E-state index < -0.39 is 0 Å². The standard InChI is InChI=1S/C12H19N3O/c1-5-15(4)12(16)10(3)14-11-9(2)7-6-8-13-11/h6-8,10H,5H2,1-4H3,(H,13,14). The fourth-order valence-electron chi connectivity index (χ4n) is 1.39. The van der Waals surface area contributed by atoms with Crippen molar-refractivity contribution in [1.82, 2.24) is 9.88 Å². The number of rotatable bonds is 4. The Morgan fingerprint density at radius 1 is 1.62 bits per heavy atom. The Morgan fingerprint density at radius 2 is 2.31 bits per heavy atom. The molecule has 1 atom stereocenters. The van der Waals surface area contributed by atoms with Crippen molar-refractivity contribution in [2.75, 3.05) is 18.9 Å². The zero-order valence-corrected chi connectivity index (χ0v) is 10.3. The number of amides is 1. The Kier molecular flexibility index (Phi) is 4.28. The van der Waals surface area contributed by atoms with Gasteiger partial charge in [0.05, 0.1) is 0 Å². The summed E-state index contributed by atoms with van der Waals surface area (Å²) in [6, 6.07) is 3.60. The second-order valence-corrected chi connectivity index (χ2v) is 3.89. The first kappa shape index (κ1) is 12.5. The van der Waals surface area contributed by atoms with Crippen LogP contribution in [0.25, 0.3) is 0 Å². The Balaban J connectivity index is 2.68. The number of nitrogens with zero attached hydrogens (tertiary/aromatic N) is 2. The van der Waals surface area contributed by atoms with Crippen molar-refractivity contribution < 1.29 is 4.79 Å². The molecule has 1 aromatic rings. The van der Waals surface area contributed by atoms with Crippen molar-refractivity contribution in [2.24, 2.45) is 0 Å². The fourth-order valence-corrected chi connectivity index (χ4v) is 1.39. The van der Waals surface area contributed by atoms with Gasteiger partial charge in [-0.25, -0.2) is 4.98 Å². The van der Waals surface area contributed by atoms with Crippen LogP contribution < -0.4 is 5.32 Å². The molecule has 0 fully saturated rings. The van der Waals surface area contributed by atoms with E-state index in [1.807, 2.05) is 32.9 Å². The lowest BCUT2D eigenvalue weighted by molar-refractivity contribution is -0.130. The van der Waals surface area contributed by atoms with Crippen LogP contribution in [0.1, 0.15) is 19.4 Å². The van der Waals surface area contributed by atoms with Gasteiger partial charge in [0.15, 0.2) is 0 Å². The van der Waals surface area contributed by atoms with Crippen molar-refractivity contribution in [2.45, 2.75) is 26.8 Å². The highest BCUT2D eigenvalue weighted by atomic mass is 16.2. The molecule has 0 saturated heterocycles. The zero-order valence-electron chi connectivity index (χ0n) is 10.3. The number of carbonyl (C=O) groups excluding carboxylic acids is 1. The van der Waals surface area contributed by atoms with Gasteiger partial charge in [0.2, 0.25) is 5.91 Å². The SMILES string of the molecule is CCN(C)C(=O)C(C)Nc1ncccc1C. The molecule has 0 aliphatic heterocycles. The summed E-state index contributed by atoms with van der Waals surface area (Å²) in [7, 11) is 1.80. The number of pyridine rings is 1. The Labute approximate surface area is 96.7 Å². The maximum absolute atomic E-state index is 11.8. The number of hydrogen-bond donors (Lipinski definition) is 1. The Morgan fingerprint density at radius 3 is 2.88 bits per heavy atom. The predicted octanol–water partition coefficient (Wildman–Crippen LogP) is 1.67. The summed E-state index contributed by atoms with van der Waals surface area (Å²) >= 11 is 0. The van der Waals surface area contributed by atoms with Crippen LogP contribution in [0.15, 0.2) is 18.3 Å². The van der Waals surface area contributed by atoms with Crippen LogP contribution >= 0.6 is 0 Å². The lowest BCUT2D eigenvalue weighted by Gasteiger charge is -2.21. The van der Waals surface area contributed by atoms with E-state index in [0.29, 0.717) is 6.54 Å². The quantitative estimate of drug-likeness (QED) is 0.841. The highest BCUT2D eigenvalue weighted by molar-refractivity contribution is 5.83. The molecule has 0 aromatic carbocycles. The molecular weight excluding hydrogens is 202 g/mol. The smallest absolute Gasteiger partial charge is 0.244 e. The first-order valence-electron chi connectivity index (χ1n) is 5.49. The van der Waals surface area contributed by atoms with Crippen LogP contribution in [-0.2, 0) is 4.79 Å². The number of aryl methyl sites for hydroxylation is 1. The largest absolute Gasteiger partial charge is 0.358 e. The van der Waals surface area contributed by atoms with Crippen LogP contribution in [0.5, 0.6) is 0 Å². The number of aromatic nitrogens is 1. The molecule has 0 aliphatic rings. The molecule has 1 aromatic heterocycles. The number of anilines is 1. The summed E-state index contributed by atoms with van der Waals surface area (Å²) in [6.45, 7) is 6.49. The summed E-state index contributed by atoms with van der Waals surface area (Å²) in [5.41, 5.74) is 1.04. The number of nitrogens with one attached hydrogen (secondary N) is 1. The molecule has 1 N–H and O–H groups in total. The van der Waals surface area contributed by atoms with E-state index in [1.165, 1.54) is 0 Å². The molecule has 0 bridgehead atoms. The van der Waals surface area contributed by atoms with Gasteiger partial charge in [-0.1, -0.05) is 6.07 Å². The first-order valence-corrected chi connectivity index (χ1v) is 5.49. The topological polar surface area (TPSA) is 45.2 Å². The van der Waals surface area contributed by atoms with Crippen molar-refractivity contribution in [3.63, 3.8) is 0 Å². The number of hydrogen-bond acceptors (Lipinski definition) is 3. The van der Waals surface area contributed by atoms with E-state index >= 15 is 0 Å². The molecule has 1 unspecified atom stereocenters. The van der Waals surface area contributed by atoms with Crippen LogP contribution in [0.4, 0.5) is 5.82 Å². The molecule has 0 spiro atoms. The average molecular weight is 221 g/mol. The minimum absolute atomic E-state index is 0.0764. The average Bonchev–Trinajstić information content (AvgIpc) is 2.30.